The van der Waals surface area contributed by atoms with Crippen LogP contribution in [-0.4, -0.2) is 46.4 Å². The second kappa shape index (κ2) is 7.91. The number of nitrogens with one attached hydrogen (secondary N) is 2. The molecule has 1 aromatic heterocycles. The predicted octanol–water partition coefficient (Wildman–Crippen LogP) is 1.52. The number of pyridine rings is 1. The SMILES string of the molecule is CN(NC(=O)C1=NOC(CNc2ncc(C(F)(F)F)cc2Cl)C1)C(N)=S. The van der Waals surface area contributed by atoms with Gasteiger partial charge in [0.15, 0.2) is 11.2 Å². The number of hydrogen-bond acceptors (Lipinski definition) is 6. The lowest BCUT2D eigenvalue weighted by Crippen LogP contribution is -2.48. The highest BCUT2D eigenvalue weighted by atomic mass is 35.5. The van der Waals surface area contributed by atoms with Gasteiger partial charge in [0, 0.05) is 19.7 Å². The maximum atomic E-state index is 12.6. The second-order valence-electron chi connectivity index (χ2n) is 5.24. The van der Waals surface area contributed by atoms with E-state index in [1.807, 2.05) is 0 Å². The summed E-state index contributed by atoms with van der Waals surface area (Å²) in [4.78, 5) is 20.7. The van der Waals surface area contributed by atoms with Gasteiger partial charge in [0.2, 0.25) is 0 Å². The molecule has 13 heteroatoms. The van der Waals surface area contributed by atoms with Crippen molar-refractivity contribution in [3.8, 4) is 0 Å². The number of carbonyl (C=O) groups excluding carboxylic acids is 1. The molecular weight excluding hydrogens is 397 g/mol. The minimum absolute atomic E-state index is 0.0286. The molecule has 0 bridgehead atoms. The van der Waals surface area contributed by atoms with Crippen molar-refractivity contribution in [3.63, 3.8) is 0 Å². The van der Waals surface area contributed by atoms with Crippen LogP contribution in [0.5, 0.6) is 0 Å². The Hall–Kier alpha value is -2.34. The first kappa shape index (κ1) is 20.0. The predicted molar refractivity (Wildman–Crippen MR) is 92.4 cm³/mol. The van der Waals surface area contributed by atoms with Gasteiger partial charge in [0.25, 0.3) is 5.91 Å². The molecule has 1 unspecified atom stereocenters. The number of halogens is 4. The van der Waals surface area contributed by atoms with Gasteiger partial charge in [-0.25, -0.2) is 4.98 Å². The van der Waals surface area contributed by atoms with Crippen molar-refractivity contribution in [1.29, 1.82) is 0 Å². The molecule has 0 saturated heterocycles. The van der Waals surface area contributed by atoms with E-state index in [-0.39, 0.29) is 34.6 Å². The normalized spacial score (nSPS) is 16.5. The fraction of sp³-hybridized carbons (Fsp3) is 0.385. The van der Waals surface area contributed by atoms with Crippen LogP contribution in [0.3, 0.4) is 0 Å². The first-order chi connectivity index (χ1) is 12.1. The molecule has 1 aromatic rings. The van der Waals surface area contributed by atoms with E-state index < -0.39 is 23.8 Å². The number of carbonyl (C=O) groups is 1. The van der Waals surface area contributed by atoms with Crippen LogP contribution >= 0.6 is 23.8 Å². The number of amides is 1. The Balaban J connectivity index is 1.87. The van der Waals surface area contributed by atoms with Gasteiger partial charge in [0.05, 0.1) is 17.1 Å². The molecule has 2 rings (SSSR count). The van der Waals surface area contributed by atoms with Crippen molar-refractivity contribution in [1.82, 2.24) is 15.4 Å². The minimum atomic E-state index is -4.53. The number of thiocarbonyl (C=S) groups is 1. The quantitative estimate of drug-likeness (QED) is 0.510. The van der Waals surface area contributed by atoms with Gasteiger partial charge in [-0.05, 0) is 18.3 Å². The summed E-state index contributed by atoms with van der Waals surface area (Å²) >= 11 is 10.5. The number of anilines is 1. The molecule has 26 heavy (non-hydrogen) atoms. The zero-order chi connectivity index (χ0) is 19.5. The summed E-state index contributed by atoms with van der Waals surface area (Å²) < 4.78 is 37.7. The molecule has 0 saturated carbocycles. The van der Waals surface area contributed by atoms with Crippen molar-refractivity contribution in [3.05, 3.63) is 22.8 Å². The van der Waals surface area contributed by atoms with Gasteiger partial charge in [-0.3, -0.25) is 15.2 Å². The number of nitrogens with zero attached hydrogens (tertiary/aromatic N) is 3. The van der Waals surface area contributed by atoms with E-state index in [4.69, 9.17) is 34.4 Å². The lowest BCUT2D eigenvalue weighted by atomic mass is 10.1. The third-order valence-corrected chi connectivity index (χ3v) is 3.82. The Labute approximate surface area is 156 Å². The molecule has 0 radical (unpaired) electrons. The van der Waals surface area contributed by atoms with Crippen molar-refractivity contribution in [2.75, 3.05) is 18.9 Å². The molecule has 2 heterocycles. The van der Waals surface area contributed by atoms with Crippen LogP contribution in [0.15, 0.2) is 17.4 Å². The summed E-state index contributed by atoms with van der Waals surface area (Å²) in [6.07, 6.45) is -4.21. The molecule has 0 aromatic carbocycles. The van der Waals surface area contributed by atoms with Crippen LogP contribution in [0.2, 0.25) is 5.02 Å². The van der Waals surface area contributed by atoms with E-state index in [1.54, 1.807) is 0 Å². The molecule has 0 aliphatic carbocycles. The highest BCUT2D eigenvalue weighted by molar-refractivity contribution is 7.80. The summed E-state index contributed by atoms with van der Waals surface area (Å²) in [5, 5.41) is 7.36. The van der Waals surface area contributed by atoms with Crippen LogP contribution in [-0.2, 0) is 15.8 Å². The highest BCUT2D eigenvalue weighted by Gasteiger charge is 2.32. The van der Waals surface area contributed by atoms with Gasteiger partial charge >= 0.3 is 6.18 Å². The Bertz CT molecular complexity index is 745. The van der Waals surface area contributed by atoms with E-state index in [9.17, 15) is 18.0 Å². The molecule has 142 valence electrons. The Morgan fingerprint density at radius 3 is 2.85 bits per heavy atom. The number of alkyl halides is 3. The van der Waals surface area contributed by atoms with Crippen molar-refractivity contribution >= 4 is 46.4 Å². The maximum Gasteiger partial charge on any atom is 0.417 e. The number of hydrogen-bond donors (Lipinski definition) is 3. The van der Waals surface area contributed by atoms with Crippen LogP contribution in [0.4, 0.5) is 19.0 Å². The number of oxime groups is 1. The topological polar surface area (TPSA) is 105 Å². The largest absolute Gasteiger partial charge is 0.417 e. The molecule has 0 spiro atoms. The van der Waals surface area contributed by atoms with Gasteiger partial charge in [-0.1, -0.05) is 16.8 Å². The van der Waals surface area contributed by atoms with E-state index in [2.05, 4.69) is 20.9 Å². The third kappa shape index (κ3) is 5.08. The fourth-order valence-corrected chi connectivity index (χ4v) is 2.16. The molecule has 8 nitrogen and oxygen atoms in total. The number of nitrogens with two attached hydrogens (primary N) is 1. The first-order valence-electron chi connectivity index (χ1n) is 7.11. The van der Waals surface area contributed by atoms with E-state index in [1.165, 1.54) is 7.05 Å². The van der Waals surface area contributed by atoms with Crippen LogP contribution in [0, 0.1) is 0 Å². The lowest BCUT2D eigenvalue weighted by Gasteiger charge is -2.17. The molecule has 1 amide bonds. The summed E-state index contributed by atoms with van der Waals surface area (Å²) in [6.45, 7) is 0.128. The Morgan fingerprint density at radius 2 is 2.27 bits per heavy atom. The molecular formula is C13H14ClF3N6O2S. The number of rotatable bonds is 4. The summed E-state index contributed by atoms with van der Waals surface area (Å²) in [6, 6.07) is 0.771. The van der Waals surface area contributed by atoms with Gasteiger partial charge < -0.3 is 15.9 Å². The minimum Gasteiger partial charge on any atom is -0.390 e. The summed E-state index contributed by atoms with van der Waals surface area (Å²) in [7, 11) is 1.47. The lowest BCUT2D eigenvalue weighted by molar-refractivity contribution is -0.137. The summed E-state index contributed by atoms with van der Waals surface area (Å²) in [5.41, 5.74) is 6.92. The van der Waals surface area contributed by atoms with Gasteiger partial charge in [-0.2, -0.15) is 13.2 Å². The zero-order valence-corrected chi connectivity index (χ0v) is 14.9. The molecule has 1 aliphatic rings. The van der Waals surface area contributed by atoms with E-state index >= 15 is 0 Å². The summed E-state index contributed by atoms with van der Waals surface area (Å²) in [5.74, 6) is -0.470. The van der Waals surface area contributed by atoms with E-state index in [0.29, 0.717) is 6.20 Å². The number of hydrazine groups is 1. The fourth-order valence-electron chi connectivity index (χ4n) is 1.88. The van der Waals surface area contributed by atoms with Gasteiger partial charge in [0.1, 0.15) is 11.5 Å². The third-order valence-electron chi connectivity index (χ3n) is 3.26. The number of aromatic nitrogens is 1. The standard InChI is InChI=1S/C13H14ClF3N6O2S/c1-23(12(18)26)21-11(24)9-3-7(25-22-9)5-20-10-8(14)2-6(4-19-10)13(15,16)17/h2,4,7H,3,5H2,1H3,(H2,18,26)(H,19,20)(H,21,24). The monoisotopic (exact) mass is 410 g/mol. The Kier molecular flexibility index (Phi) is 6.08. The average molecular weight is 411 g/mol. The smallest absolute Gasteiger partial charge is 0.390 e. The Morgan fingerprint density at radius 1 is 1.58 bits per heavy atom. The van der Waals surface area contributed by atoms with Crippen molar-refractivity contribution in [2.24, 2.45) is 10.9 Å². The zero-order valence-electron chi connectivity index (χ0n) is 13.3. The molecule has 0 fully saturated rings. The molecule has 1 atom stereocenters. The van der Waals surface area contributed by atoms with Crippen LogP contribution < -0.4 is 16.5 Å². The first-order valence-corrected chi connectivity index (χ1v) is 7.90. The molecule has 1 aliphatic heterocycles. The van der Waals surface area contributed by atoms with Gasteiger partial charge in [-0.15, -0.1) is 0 Å². The van der Waals surface area contributed by atoms with Crippen molar-refractivity contribution < 1.29 is 22.8 Å². The van der Waals surface area contributed by atoms with Crippen molar-refractivity contribution in [2.45, 2.75) is 18.7 Å². The maximum absolute atomic E-state index is 12.6. The van der Waals surface area contributed by atoms with Crippen LogP contribution in [0.1, 0.15) is 12.0 Å². The molecule has 4 N–H and O–H groups in total. The van der Waals surface area contributed by atoms with Crippen LogP contribution in [0.25, 0.3) is 0 Å². The average Bonchev–Trinajstić information content (AvgIpc) is 3.01. The van der Waals surface area contributed by atoms with E-state index in [0.717, 1.165) is 11.1 Å². The second-order valence-corrected chi connectivity index (χ2v) is 6.07. The highest BCUT2D eigenvalue weighted by Crippen LogP contribution is 2.32.